The summed E-state index contributed by atoms with van der Waals surface area (Å²) in [5.41, 5.74) is 9.34. The molecule has 1 aromatic heterocycles. The van der Waals surface area contributed by atoms with E-state index < -0.39 is 0 Å². The Labute approximate surface area is 155 Å². The maximum absolute atomic E-state index is 13.8. The SMILES string of the molecule is Cc1cccc(On2cc(NNc3ccc(O)cc3)c3ccc(F)cc32)c1. The number of aryl methyl sites for hydroxylation is 1. The molecule has 0 aliphatic rings. The zero-order valence-corrected chi connectivity index (χ0v) is 14.6. The number of aromatic hydroxyl groups is 1. The summed E-state index contributed by atoms with van der Waals surface area (Å²) in [6.07, 6.45) is 1.75. The molecule has 4 rings (SSSR count). The van der Waals surface area contributed by atoms with E-state index in [2.05, 4.69) is 10.9 Å². The Balaban J connectivity index is 1.65. The smallest absolute Gasteiger partial charge is 0.156 e. The van der Waals surface area contributed by atoms with Crippen LogP contribution in [0.5, 0.6) is 11.5 Å². The van der Waals surface area contributed by atoms with Crippen LogP contribution < -0.4 is 15.7 Å². The van der Waals surface area contributed by atoms with Crippen molar-refractivity contribution < 1.29 is 14.3 Å². The molecule has 6 heteroatoms. The second-order valence-corrected chi connectivity index (χ2v) is 6.23. The zero-order chi connectivity index (χ0) is 18.8. The number of phenolic OH excluding ortho intramolecular Hbond substituents is 1. The maximum Gasteiger partial charge on any atom is 0.156 e. The largest absolute Gasteiger partial charge is 0.508 e. The van der Waals surface area contributed by atoms with Gasteiger partial charge in [-0.05, 0) is 61.0 Å². The number of rotatable bonds is 5. The van der Waals surface area contributed by atoms with Crippen LogP contribution in [0.4, 0.5) is 15.8 Å². The Morgan fingerprint density at radius 1 is 0.963 bits per heavy atom. The molecule has 0 unspecified atom stereocenters. The van der Waals surface area contributed by atoms with E-state index >= 15 is 0 Å². The van der Waals surface area contributed by atoms with Gasteiger partial charge in [0.2, 0.25) is 0 Å². The molecule has 5 nitrogen and oxygen atoms in total. The van der Waals surface area contributed by atoms with Crippen molar-refractivity contribution in [1.29, 1.82) is 0 Å². The first kappa shape index (κ1) is 16.8. The van der Waals surface area contributed by atoms with E-state index in [1.54, 1.807) is 36.5 Å². The lowest BCUT2D eigenvalue weighted by molar-refractivity contribution is 0.229. The summed E-state index contributed by atoms with van der Waals surface area (Å²) in [4.78, 5) is 5.93. The van der Waals surface area contributed by atoms with E-state index in [1.807, 2.05) is 31.2 Å². The first-order chi connectivity index (χ1) is 13.1. The van der Waals surface area contributed by atoms with Gasteiger partial charge in [-0.2, -0.15) is 4.73 Å². The van der Waals surface area contributed by atoms with Crippen molar-refractivity contribution in [3.63, 3.8) is 0 Å². The molecule has 0 aliphatic heterocycles. The molecule has 0 aliphatic carbocycles. The van der Waals surface area contributed by atoms with Gasteiger partial charge in [0.1, 0.15) is 11.6 Å². The minimum Gasteiger partial charge on any atom is -0.508 e. The number of hydrogen-bond donors (Lipinski definition) is 3. The van der Waals surface area contributed by atoms with Gasteiger partial charge in [-0.1, -0.05) is 12.1 Å². The maximum atomic E-state index is 13.8. The molecule has 4 aromatic rings. The molecule has 0 atom stereocenters. The molecule has 1 heterocycles. The normalized spacial score (nSPS) is 10.7. The number of anilines is 2. The van der Waals surface area contributed by atoms with E-state index in [0.717, 1.165) is 22.3 Å². The highest BCUT2D eigenvalue weighted by atomic mass is 19.1. The van der Waals surface area contributed by atoms with Gasteiger partial charge < -0.3 is 15.4 Å². The highest BCUT2D eigenvalue weighted by Crippen LogP contribution is 2.28. The number of phenols is 1. The first-order valence-corrected chi connectivity index (χ1v) is 8.45. The number of hydrazine groups is 1. The second kappa shape index (κ2) is 6.92. The third-order valence-electron chi connectivity index (χ3n) is 4.14. The third-order valence-corrected chi connectivity index (χ3v) is 4.14. The van der Waals surface area contributed by atoms with Crippen LogP contribution in [-0.2, 0) is 0 Å². The Kier molecular flexibility index (Phi) is 4.30. The number of nitrogens with zero attached hydrogens (tertiary/aromatic N) is 1. The number of halogens is 1. The van der Waals surface area contributed by atoms with Crippen LogP contribution in [0.1, 0.15) is 5.56 Å². The zero-order valence-electron chi connectivity index (χ0n) is 14.6. The second-order valence-electron chi connectivity index (χ2n) is 6.23. The molecule has 0 radical (unpaired) electrons. The van der Waals surface area contributed by atoms with Crippen LogP contribution in [0.2, 0.25) is 0 Å². The Bertz CT molecular complexity index is 1090. The molecule has 3 N–H and O–H groups in total. The average Bonchev–Trinajstić information content (AvgIpc) is 2.98. The van der Waals surface area contributed by atoms with Gasteiger partial charge >= 0.3 is 0 Å². The van der Waals surface area contributed by atoms with Gasteiger partial charge in [-0.15, -0.1) is 0 Å². The lowest BCUT2D eigenvalue weighted by atomic mass is 10.2. The first-order valence-electron chi connectivity index (χ1n) is 8.45. The summed E-state index contributed by atoms with van der Waals surface area (Å²) >= 11 is 0. The number of aromatic nitrogens is 1. The van der Waals surface area contributed by atoms with Gasteiger partial charge in [0, 0.05) is 11.5 Å². The number of fused-ring (bicyclic) bond motifs is 1. The summed E-state index contributed by atoms with van der Waals surface area (Å²) in [5.74, 6) is 0.515. The number of hydrogen-bond acceptors (Lipinski definition) is 4. The Hall–Kier alpha value is -3.67. The molecule has 0 spiro atoms. The molecule has 0 saturated heterocycles. The topological polar surface area (TPSA) is 58.5 Å². The third kappa shape index (κ3) is 3.64. The molecule has 0 fully saturated rings. The highest BCUT2D eigenvalue weighted by Gasteiger charge is 2.11. The number of benzene rings is 3. The van der Waals surface area contributed by atoms with Gasteiger partial charge in [0.05, 0.1) is 23.1 Å². The lowest BCUT2D eigenvalue weighted by Crippen LogP contribution is -2.08. The van der Waals surface area contributed by atoms with Crippen LogP contribution in [0.3, 0.4) is 0 Å². The highest BCUT2D eigenvalue weighted by molar-refractivity contribution is 5.93. The van der Waals surface area contributed by atoms with Crippen LogP contribution in [0.15, 0.2) is 72.9 Å². The van der Waals surface area contributed by atoms with Gasteiger partial charge in [-0.3, -0.25) is 5.43 Å². The summed E-state index contributed by atoms with van der Waals surface area (Å²) in [7, 11) is 0. The van der Waals surface area contributed by atoms with Gasteiger partial charge in [0.15, 0.2) is 5.75 Å². The Morgan fingerprint density at radius 2 is 1.78 bits per heavy atom. The average molecular weight is 363 g/mol. The summed E-state index contributed by atoms with van der Waals surface area (Å²) in [5, 5.41) is 10.2. The van der Waals surface area contributed by atoms with E-state index in [9.17, 15) is 9.50 Å². The lowest BCUT2D eigenvalue weighted by Gasteiger charge is -2.09. The molecule has 136 valence electrons. The van der Waals surface area contributed by atoms with Crippen molar-refractivity contribution in [3.05, 3.63) is 84.3 Å². The minimum absolute atomic E-state index is 0.194. The summed E-state index contributed by atoms with van der Waals surface area (Å²) in [6, 6.07) is 18.8. The van der Waals surface area contributed by atoms with E-state index in [1.165, 1.54) is 16.9 Å². The van der Waals surface area contributed by atoms with Crippen LogP contribution in [-0.4, -0.2) is 9.84 Å². The van der Waals surface area contributed by atoms with Crippen molar-refractivity contribution in [2.75, 3.05) is 10.9 Å². The quantitative estimate of drug-likeness (QED) is 0.342. The van der Waals surface area contributed by atoms with Gasteiger partial charge in [0.25, 0.3) is 0 Å². The molecule has 0 saturated carbocycles. The van der Waals surface area contributed by atoms with E-state index in [-0.39, 0.29) is 11.6 Å². The van der Waals surface area contributed by atoms with Crippen LogP contribution in [0, 0.1) is 12.7 Å². The fourth-order valence-corrected chi connectivity index (χ4v) is 2.82. The van der Waals surface area contributed by atoms with Crippen molar-refractivity contribution in [1.82, 2.24) is 4.73 Å². The predicted molar refractivity (Wildman–Crippen MR) is 104 cm³/mol. The predicted octanol–water partition coefficient (Wildman–Crippen LogP) is 5.08. The minimum atomic E-state index is -0.340. The Morgan fingerprint density at radius 3 is 2.56 bits per heavy atom. The molecule has 0 bridgehead atoms. The van der Waals surface area contributed by atoms with Gasteiger partial charge in [-0.25, -0.2) is 4.39 Å². The molecular weight excluding hydrogens is 345 g/mol. The molecular formula is C21H18FN3O2. The van der Waals surface area contributed by atoms with E-state index in [4.69, 9.17) is 4.84 Å². The number of nitrogens with one attached hydrogen (secondary N) is 2. The standard InChI is InChI=1S/C21H18FN3O2/c1-14-3-2-4-18(11-14)27-25-13-20(19-10-5-15(22)12-21(19)25)24-23-16-6-8-17(26)9-7-16/h2-13,23-24,26H,1H3. The fraction of sp³-hybridized carbons (Fsp3) is 0.0476. The fourth-order valence-electron chi connectivity index (χ4n) is 2.82. The summed E-state index contributed by atoms with van der Waals surface area (Å²) in [6.45, 7) is 1.98. The summed E-state index contributed by atoms with van der Waals surface area (Å²) < 4.78 is 15.3. The van der Waals surface area contributed by atoms with Crippen molar-refractivity contribution >= 4 is 22.3 Å². The van der Waals surface area contributed by atoms with Crippen molar-refractivity contribution in [2.45, 2.75) is 6.92 Å². The molecule has 27 heavy (non-hydrogen) atoms. The molecule has 0 amide bonds. The van der Waals surface area contributed by atoms with Crippen LogP contribution >= 0.6 is 0 Å². The van der Waals surface area contributed by atoms with Crippen molar-refractivity contribution in [3.8, 4) is 11.5 Å². The monoisotopic (exact) mass is 363 g/mol. The van der Waals surface area contributed by atoms with Crippen LogP contribution in [0.25, 0.3) is 10.9 Å². The van der Waals surface area contributed by atoms with Crippen molar-refractivity contribution in [2.24, 2.45) is 0 Å². The molecule has 3 aromatic carbocycles. The van der Waals surface area contributed by atoms with E-state index in [0.29, 0.717) is 11.3 Å².